The third-order valence-corrected chi connectivity index (χ3v) is 3.99. The zero-order chi connectivity index (χ0) is 14.4. The second-order valence-electron chi connectivity index (χ2n) is 6.37. The zero-order valence-corrected chi connectivity index (χ0v) is 12.9. The molecule has 0 aromatic heterocycles. The van der Waals surface area contributed by atoms with Crippen LogP contribution in [0.5, 0.6) is 0 Å². The van der Waals surface area contributed by atoms with Crippen molar-refractivity contribution >= 4 is 5.91 Å². The predicted octanol–water partition coefficient (Wildman–Crippen LogP) is 0.555. The molecule has 0 aliphatic carbocycles. The normalized spacial score (nSPS) is 23.8. The molecule has 2 heterocycles. The molecule has 0 aromatic rings. The number of ether oxygens (including phenoxy) is 1. The number of carbonyl (C=O) groups excluding carboxylic acids is 1. The molecule has 0 saturated carbocycles. The van der Waals surface area contributed by atoms with E-state index in [-0.39, 0.29) is 5.91 Å². The lowest BCUT2D eigenvalue weighted by Crippen LogP contribution is -2.48. The van der Waals surface area contributed by atoms with Crippen molar-refractivity contribution in [3.05, 3.63) is 0 Å². The van der Waals surface area contributed by atoms with Crippen LogP contribution in [-0.2, 0) is 9.53 Å². The molecule has 20 heavy (non-hydrogen) atoms. The topological polar surface area (TPSA) is 44.8 Å². The SMILES string of the molecule is CC(C)CN(CC(=O)N1CCOCC1)CC1CCCN1. The third kappa shape index (κ3) is 5.04. The van der Waals surface area contributed by atoms with Gasteiger partial charge in [-0.05, 0) is 25.3 Å². The second kappa shape index (κ2) is 7.96. The van der Waals surface area contributed by atoms with Gasteiger partial charge in [-0.15, -0.1) is 0 Å². The first-order valence-corrected chi connectivity index (χ1v) is 7.96. The Morgan fingerprint density at radius 2 is 2.15 bits per heavy atom. The molecule has 5 nitrogen and oxygen atoms in total. The number of nitrogens with zero attached hydrogens (tertiary/aromatic N) is 2. The molecule has 2 fully saturated rings. The van der Waals surface area contributed by atoms with Crippen LogP contribution in [0.3, 0.4) is 0 Å². The van der Waals surface area contributed by atoms with Crippen molar-refractivity contribution in [2.45, 2.75) is 32.7 Å². The minimum Gasteiger partial charge on any atom is -0.378 e. The molecule has 0 aromatic carbocycles. The van der Waals surface area contributed by atoms with Gasteiger partial charge in [-0.3, -0.25) is 9.69 Å². The maximum atomic E-state index is 12.4. The fraction of sp³-hybridized carbons (Fsp3) is 0.933. The lowest BCUT2D eigenvalue weighted by atomic mass is 10.1. The number of carbonyl (C=O) groups is 1. The van der Waals surface area contributed by atoms with E-state index in [0.29, 0.717) is 31.7 Å². The van der Waals surface area contributed by atoms with Crippen molar-refractivity contribution in [3.8, 4) is 0 Å². The Morgan fingerprint density at radius 3 is 2.75 bits per heavy atom. The third-order valence-electron chi connectivity index (χ3n) is 3.99. The van der Waals surface area contributed by atoms with Crippen LogP contribution in [0, 0.1) is 5.92 Å². The van der Waals surface area contributed by atoms with Gasteiger partial charge in [0.1, 0.15) is 0 Å². The van der Waals surface area contributed by atoms with Gasteiger partial charge in [0.05, 0.1) is 19.8 Å². The van der Waals surface area contributed by atoms with E-state index in [4.69, 9.17) is 4.74 Å². The van der Waals surface area contributed by atoms with Crippen LogP contribution >= 0.6 is 0 Å². The molecule has 2 rings (SSSR count). The first-order chi connectivity index (χ1) is 9.65. The minimum absolute atomic E-state index is 0.256. The van der Waals surface area contributed by atoms with Crippen LogP contribution in [0.4, 0.5) is 0 Å². The van der Waals surface area contributed by atoms with Gasteiger partial charge in [-0.2, -0.15) is 0 Å². The summed E-state index contributed by atoms with van der Waals surface area (Å²) < 4.78 is 5.31. The molecule has 0 bridgehead atoms. The summed E-state index contributed by atoms with van der Waals surface area (Å²) in [6.07, 6.45) is 2.50. The first-order valence-electron chi connectivity index (χ1n) is 7.96. The summed E-state index contributed by atoms with van der Waals surface area (Å²) >= 11 is 0. The van der Waals surface area contributed by atoms with E-state index in [1.54, 1.807) is 0 Å². The summed E-state index contributed by atoms with van der Waals surface area (Å²) in [6, 6.07) is 0.561. The quantitative estimate of drug-likeness (QED) is 0.773. The summed E-state index contributed by atoms with van der Waals surface area (Å²) in [5.41, 5.74) is 0. The van der Waals surface area contributed by atoms with Crippen LogP contribution in [0.1, 0.15) is 26.7 Å². The molecule has 0 spiro atoms. The molecule has 1 amide bonds. The van der Waals surface area contributed by atoms with E-state index < -0.39 is 0 Å². The van der Waals surface area contributed by atoms with Crippen molar-refractivity contribution in [2.75, 3.05) is 52.5 Å². The molecule has 2 saturated heterocycles. The van der Waals surface area contributed by atoms with Crippen molar-refractivity contribution in [1.82, 2.24) is 15.1 Å². The highest BCUT2D eigenvalue weighted by Gasteiger charge is 2.23. The Balaban J connectivity index is 1.83. The predicted molar refractivity (Wildman–Crippen MR) is 79.7 cm³/mol. The molecule has 2 aliphatic heterocycles. The van der Waals surface area contributed by atoms with Gasteiger partial charge in [0, 0.05) is 32.2 Å². The average Bonchev–Trinajstić information content (AvgIpc) is 2.91. The Labute approximate surface area is 122 Å². The average molecular weight is 283 g/mol. The van der Waals surface area contributed by atoms with E-state index in [2.05, 4.69) is 24.1 Å². The van der Waals surface area contributed by atoms with Crippen LogP contribution < -0.4 is 5.32 Å². The fourth-order valence-electron chi connectivity index (χ4n) is 3.05. The largest absolute Gasteiger partial charge is 0.378 e. The first kappa shape index (κ1) is 15.7. The van der Waals surface area contributed by atoms with Gasteiger partial charge in [0.25, 0.3) is 0 Å². The van der Waals surface area contributed by atoms with Crippen molar-refractivity contribution < 1.29 is 9.53 Å². The van der Waals surface area contributed by atoms with E-state index in [1.165, 1.54) is 12.8 Å². The standard InChI is InChI=1S/C15H29N3O2/c1-13(2)10-17(11-14-4-3-5-16-14)12-15(19)18-6-8-20-9-7-18/h13-14,16H,3-12H2,1-2H3. The monoisotopic (exact) mass is 283 g/mol. The van der Waals surface area contributed by atoms with E-state index in [1.807, 2.05) is 4.90 Å². The highest BCUT2D eigenvalue weighted by molar-refractivity contribution is 5.78. The van der Waals surface area contributed by atoms with Crippen molar-refractivity contribution in [2.24, 2.45) is 5.92 Å². The lowest BCUT2D eigenvalue weighted by Gasteiger charge is -2.31. The maximum absolute atomic E-state index is 12.4. The molecule has 116 valence electrons. The van der Waals surface area contributed by atoms with E-state index in [0.717, 1.165) is 32.7 Å². The van der Waals surface area contributed by atoms with Gasteiger partial charge < -0.3 is 15.0 Å². The molecular formula is C15H29N3O2. The van der Waals surface area contributed by atoms with Crippen molar-refractivity contribution in [1.29, 1.82) is 0 Å². The molecule has 1 N–H and O–H groups in total. The molecule has 2 aliphatic rings. The Kier molecular flexibility index (Phi) is 6.26. The number of amides is 1. The number of nitrogens with one attached hydrogen (secondary N) is 1. The minimum atomic E-state index is 0.256. The van der Waals surface area contributed by atoms with E-state index in [9.17, 15) is 4.79 Å². The van der Waals surface area contributed by atoms with Crippen LogP contribution in [0.2, 0.25) is 0 Å². The molecule has 5 heteroatoms. The van der Waals surface area contributed by atoms with Crippen LogP contribution in [-0.4, -0.2) is 74.2 Å². The van der Waals surface area contributed by atoms with Gasteiger partial charge in [-0.25, -0.2) is 0 Å². The van der Waals surface area contributed by atoms with Crippen molar-refractivity contribution in [3.63, 3.8) is 0 Å². The highest BCUT2D eigenvalue weighted by Crippen LogP contribution is 2.09. The Morgan fingerprint density at radius 1 is 1.40 bits per heavy atom. The Hall–Kier alpha value is -0.650. The smallest absolute Gasteiger partial charge is 0.236 e. The lowest BCUT2D eigenvalue weighted by molar-refractivity contribution is -0.136. The molecule has 1 unspecified atom stereocenters. The number of rotatable bonds is 6. The summed E-state index contributed by atoms with van der Waals surface area (Å²) in [7, 11) is 0. The maximum Gasteiger partial charge on any atom is 0.236 e. The fourth-order valence-corrected chi connectivity index (χ4v) is 3.05. The molecule has 1 atom stereocenters. The summed E-state index contributed by atoms with van der Waals surface area (Å²) in [4.78, 5) is 16.6. The molecular weight excluding hydrogens is 254 g/mol. The number of hydrogen-bond acceptors (Lipinski definition) is 4. The summed E-state index contributed by atoms with van der Waals surface area (Å²) in [5.74, 6) is 0.848. The van der Waals surface area contributed by atoms with Crippen LogP contribution in [0.15, 0.2) is 0 Å². The second-order valence-corrected chi connectivity index (χ2v) is 6.37. The van der Waals surface area contributed by atoms with Gasteiger partial charge >= 0.3 is 0 Å². The molecule has 0 radical (unpaired) electrons. The zero-order valence-electron chi connectivity index (χ0n) is 12.9. The van der Waals surface area contributed by atoms with Crippen LogP contribution in [0.25, 0.3) is 0 Å². The van der Waals surface area contributed by atoms with Gasteiger partial charge in [0.15, 0.2) is 0 Å². The van der Waals surface area contributed by atoms with Gasteiger partial charge in [0.2, 0.25) is 5.91 Å². The van der Waals surface area contributed by atoms with E-state index >= 15 is 0 Å². The summed E-state index contributed by atoms with van der Waals surface area (Å²) in [6.45, 7) is 10.9. The Bertz CT molecular complexity index is 297. The highest BCUT2D eigenvalue weighted by atomic mass is 16.5. The van der Waals surface area contributed by atoms with Gasteiger partial charge in [-0.1, -0.05) is 13.8 Å². The number of hydrogen-bond donors (Lipinski definition) is 1. The number of morpholine rings is 1. The summed E-state index contributed by atoms with van der Waals surface area (Å²) in [5, 5.41) is 3.53.